The summed E-state index contributed by atoms with van der Waals surface area (Å²) in [6, 6.07) is 3.82. The largest absolute Gasteiger partial charge is 0.490 e. The molecule has 1 aromatic carbocycles. The van der Waals surface area contributed by atoms with Gasteiger partial charge in [0, 0.05) is 5.56 Å². The lowest BCUT2D eigenvalue weighted by atomic mass is 10.0. The normalized spacial score (nSPS) is 10.6. The molecule has 17 heavy (non-hydrogen) atoms. The molecule has 3 N–H and O–H groups in total. The Bertz CT molecular complexity index is 386. The number of nitrogens with two attached hydrogens (primary N) is 1. The summed E-state index contributed by atoms with van der Waals surface area (Å²) in [5.41, 5.74) is 8.35. The lowest BCUT2D eigenvalue weighted by Crippen LogP contribution is -2.16. The maximum absolute atomic E-state index is 7.45. The zero-order valence-corrected chi connectivity index (χ0v) is 11.1. The number of nitrogen functional groups attached to an aromatic ring is 1. The van der Waals surface area contributed by atoms with Gasteiger partial charge in [-0.15, -0.1) is 0 Å². The van der Waals surface area contributed by atoms with Gasteiger partial charge in [0.25, 0.3) is 0 Å². The molecule has 0 fully saturated rings. The van der Waals surface area contributed by atoms with E-state index in [1.54, 1.807) is 0 Å². The van der Waals surface area contributed by atoms with Crippen molar-refractivity contribution >= 4 is 5.84 Å². The molecule has 0 radical (unpaired) electrons. The molecule has 0 saturated carbocycles. The van der Waals surface area contributed by atoms with E-state index in [9.17, 15) is 0 Å². The van der Waals surface area contributed by atoms with E-state index in [0.29, 0.717) is 0 Å². The van der Waals surface area contributed by atoms with E-state index < -0.39 is 0 Å². The van der Waals surface area contributed by atoms with E-state index in [2.05, 4.69) is 13.8 Å². The molecule has 0 unspecified atom stereocenters. The van der Waals surface area contributed by atoms with E-state index in [1.807, 2.05) is 26.0 Å². The molecule has 3 heteroatoms. The zero-order valence-electron chi connectivity index (χ0n) is 11.1. The van der Waals surface area contributed by atoms with Crippen LogP contribution in [0.2, 0.25) is 0 Å². The van der Waals surface area contributed by atoms with Gasteiger partial charge in [-0.2, -0.15) is 0 Å². The third-order valence-corrected chi connectivity index (χ3v) is 2.97. The summed E-state index contributed by atoms with van der Waals surface area (Å²) in [4.78, 5) is 0. The van der Waals surface area contributed by atoms with E-state index in [4.69, 9.17) is 15.9 Å². The van der Waals surface area contributed by atoms with E-state index in [-0.39, 0.29) is 11.9 Å². The predicted molar refractivity (Wildman–Crippen MR) is 71.9 cm³/mol. The summed E-state index contributed by atoms with van der Waals surface area (Å²) >= 11 is 0. The number of rotatable bonds is 5. The SMILES string of the molecule is CCC(CC)Oc1c(C)cc(C(=N)N)cc1C. The number of benzene rings is 1. The number of hydrogen-bond donors (Lipinski definition) is 2. The molecule has 0 aromatic heterocycles. The van der Waals surface area contributed by atoms with E-state index in [0.717, 1.165) is 35.3 Å². The van der Waals surface area contributed by atoms with Gasteiger partial charge in [0.1, 0.15) is 11.6 Å². The highest BCUT2D eigenvalue weighted by Gasteiger charge is 2.12. The number of nitrogens with one attached hydrogen (secondary N) is 1. The molecule has 0 aliphatic rings. The highest BCUT2D eigenvalue weighted by atomic mass is 16.5. The second-order valence-corrected chi connectivity index (χ2v) is 4.41. The fourth-order valence-electron chi connectivity index (χ4n) is 1.91. The Morgan fingerprint density at radius 2 is 1.71 bits per heavy atom. The van der Waals surface area contributed by atoms with E-state index >= 15 is 0 Å². The molecule has 1 rings (SSSR count). The Labute approximate surface area is 103 Å². The second kappa shape index (κ2) is 5.71. The summed E-state index contributed by atoms with van der Waals surface area (Å²) in [7, 11) is 0. The fraction of sp³-hybridized carbons (Fsp3) is 0.500. The molecule has 0 aliphatic heterocycles. The maximum Gasteiger partial charge on any atom is 0.125 e. The standard InChI is InChI=1S/C14H22N2O/c1-5-12(6-2)17-13-9(3)7-11(14(15)16)8-10(13)4/h7-8,12H,5-6H2,1-4H3,(H3,15,16). The molecule has 0 saturated heterocycles. The van der Waals surface area contributed by atoms with Crippen molar-refractivity contribution in [2.75, 3.05) is 0 Å². The summed E-state index contributed by atoms with van der Waals surface area (Å²) < 4.78 is 6.00. The van der Waals surface area contributed by atoms with Crippen LogP contribution in [-0.4, -0.2) is 11.9 Å². The quantitative estimate of drug-likeness (QED) is 0.607. The first-order chi connectivity index (χ1) is 7.99. The minimum absolute atomic E-state index is 0.102. The van der Waals surface area contributed by atoms with Crippen LogP contribution in [0, 0.1) is 19.3 Å². The molecule has 0 spiro atoms. The molecule has 3 nitrogen and oxygen atoms in total. The first-order valence-corrected chi connectivity index (χ1v) is 6.11. The van der Waals surface area contributed by atoms with Gasteiger partial charge in [0.2, 0.25) is 0 Å². The molecule has 0 amide bonds. The van der Waals surface area contributed by atoms with Crippen LogP contribution in [0.3, 0.4) is 0 Å². The summed E-state index contributed by atoms with van der Waals surface area (Å²) in [5.74, 6) is 1.04. The van der Waals surface area contributed by atoms with Crippen molar-refractivity contribution < 1.29 is 4.74 Å². The topological polar surface area (TPSA) is 59.1 Å². The second-order valence-electron chi connectivity index (χ2n) is 4.41. The maximum atomic E-state index is 7.45. The third kappa shape index (κ3) is 3.22. The van der Waals surface area contributed by atoms with Crippen LogP contribution in [0.25, 0.3) is 0 Å². The average Bonchev–Trinajstić information content (AvgIpc) is 2.28. The highest BCUT2D eigenvalue weighted by Crippen LogP contribution is 2.26. The van der Waals surface area contributed by atoms with Crippen LogP contribution in [-0.2, 0) is 0 Å². The summed E-state index contributed by atoms with van der Waals surface area (Å²) in [5, 5.41) is 7.45. The Morgan fingerprint density at radius 3 is 2.06 bits per heavy atom. The van der Waals surface area contributed by atoms with Gasteiger partial charge in [-0.05, 0) is 49.9 Å². The fourth-order valence-corrected chi connectivity index (χ4v) is 1.91. The van der Waals surface area contributed by atoms with Crippen LogP contribution in [0.5, 0.6) is 5.75 Å². The number of aryl methyl sites for hydroxylation is 2. The van der Waals surface area contributed by atoms with Crippen molar-refractivity contribution in [3.8, 4) is 5.75 Å². The van der Waals surface area contributed by atoms with Crippen molar-refractivity contribution in [1.29, 1.82) is 5.41 Å². The zero-order chi connectivity index (χ0) is 13.0. The first kappa shape index (κ1) is 13.6. The molecular formula is C14H22N2O. The monoisotopic (exact) mass is 234 g/mol. The van der Waals surface area contributed by atoms with Gasteiger partial charge in [0.05, 0.1) is 6.10 Å². The minimum atomic E-state index is 0.102. The van der Waals surface area contributed by atoms with Crippen molar-refractivity contribution in [3.63, 3.8) is 0 Å². The summed E-state index contributed by atoms with van der Waals surface area (Å²) in [6.07, 6.45) is 2.27. The van der Waals surface area contributed by atoms with Gasteiger partial charge in [-0.1, -0.05) is 13.8 Å². The molecule has 94 valence electrons. The first-order valence-electron chi connectivity index (χ1n) is 6.11. The Morgan fingerprint density at radius 1 is 1.24 bits per heavy atom. The smallest absolute Gasteiger partial charge is 0.125 e. The highest BCUT2D eigenvalue weighted by molar-refractivity contribution is 5.95. The van der Waals surface area contributed by atoms with E-state index in [1.165, 1.54) is 0 Å². The van der Waals surface area contributed by atoms with Crippen LogP contribution in [0.15, 0.2) is 12.1 Å². The third-order valence-electron chi connectivity index (χ3n) is 2.97. The molecule has 0 aliphatic carbocycles. The minimum Gasteiger partial charge on any atom is -0.490 e. The van der Waals surface area contributed by atoms with Crippen molar-refractivity contribution in [2.24, 2.45) is 5.73 Å². The van der Waals surface area contributed by atoms with Gasteiger partial charge in [-0.25, -0.2) is 0 Å². The van der Waals surface area contributed by atoms with Crippen molar-refractivity contribution in [2.45, 2.75) is 46.6 Å². The van der Waals surface area contributed by atoms with Gasteiger partial charge in [0.15, 0.2) is 0 Å². The van der Waals surface area contributed by atoms with Gasteiger partial charge < -0.3 is 10.5 Å². The van der Waals surface area contributed by atoms with Crippen molar-refractivity contribution in [1.82, 2.24) is 0 Å². The molecule has 0 heterocycles. The lowest BCUT2D eigenvalue weighted by molar-refractivity contribution is 0.190. The van der Waals surface area contributed by atoms with Gasteiger partial charge in [-0.3, -0.25) is 5.41 Å². The molecule has 0 bridgehead atoms. The average molecular weight is 234 g/mol. The Hall–Kier alpha value is -1.51. The molecule has 0 atom stereocenters. The number of hydrogen-bond acceptors (Lipinski definition) is 2. The van der Waals surface area contributed by atoms with Crippen LogP contribution >= 0.6 is 0 Å². The molecule has 1 aromatic rings. The van der Waals surface area contributed by atoms with Crippen molar-refractivity contribution in [3.05, 3.63) is 28.8 Å². The predicted octanol–water partition coefficient (Wildman–Crippen LogP) is 3.15. The Kier molecular flexibility index (Phi) is 4.55. The van der Waals surface area contributed by atoms with Crippen LogP contribution in [0.1, 0.15) is 43.4 Å². The van der Waals surface area contributed by atoms with Crippen LogP contribution < -0.4 is 10.5 Å². The number of amidine groups is 1. The van der Waals surface area contributed by atoms with Gasteiger partial charge >= 0.3 is 0 Å². The number of ether oxygens (including phenoxy) is 1. The summed E-state index contributed by atoms with van der Waals surface area (Å²) in [6.45, 7) is 8.25. The molecular weight excluding hydrogens is 212 g/mol. The lowest BCUT2D eigenvalue weighted by Gasteiger charge is -2.20. The van der Waals surface area contributed by atoms with Crippen LogP contribution in [0.4, 0.5) is 0 Å². The Balaban J connectivity index is 3.05.